The largest absolute Gasteiger partial charge is 0.264 e. The van der Waals surface area contributed by atoms with Gasteiger partial charge in [0.2, 0.25) is 0 Å². The molecule has 29 heavy (non-hydrogen) atoms. The second-order valence-corrected chi connectivity index (χ2v) is 8.30. The molecule has 3 aromatic carbocycles. The van der Waals surface area contributed by atoms with Gasteiger partial charge in [0.25, 0.3) is 0 Å². The molecule has 0 aliphatic heterocycles. The van der Waals surface area contributed by atoms with Gasteiger partial charge in [-0.2, -0.15) is 5.26 Å². The number of benzene rings is 3. The van der Waals surface area contributed by atoms with Crippen LogP contribution in [0.3, 0.4) is 0 Å². The number of nitrogens with zero attached hydrogens (tertiary/aromatic N) is 2. The highest BCUT2D eigenvalue weighted by Gasteiger charge is 2.17. The molecule has 0 aliphatic rings. The summed E-state index contributed by atoms with van der Waals surface area (Å²) >= 11 is 0. The first kappa shape index (κ1) is 19.2. The van der Waals surface area contributed by atoms with Crippen molar-refractivity contribution in [1.82, 2.24) is 4.98 Å². The standard InChI is InChI=1S/C27H26N2/c1-17(2)26-21(15-28)10-11-23-20(6-5-7-25(23)26)14-19(4)27-18(3)8-9-22-16-29-13-12-24(22)27/h5-13,16-17,19H,14H2,1-4H3. The molecule has 1 aromatic heterocycles. The summed E-state index contributed by atoms with van der Waals surface area (Å²) in [6.45, 7) is 8.84. The molecule has 0 radical (unpaired) electrons. The minimum absolute atomic E-state index is 0.314. The van der Waals surface area contributed by atoms with E-state index >= 15 is 0 Å². The molecule has 2 heteroatoms. The number of hydrogen-bond acceptors (Lipinski definition) is 2. The fourth-order valence-corrected chi connectivity index (χ4v) is 4.73. The molecule has 0 fully saturated rings. The summed E-state index contributed by atoms with van der Waals surface area (Å²) in [4.78, 5) is 4.28. The van der Waals surface area contributed by atoms with Gasteiger partial charge < -0.3 is 0 Å². The van der Waals surface area contributed by atoms with Crippen molar-refractivity contribution < 1.29 is 0 Å². The molecule has 1 atom stereocenters. The highest BCUT2D eigenvalue weighted by atomic mass is 14.6. The number of aryl methyl sites for hydroxylation is 1. The summed E-state index contributed by atoms with van der Waals surface area (Å²) < 4.78 is 0. The van der Waals surface area contributed by atoms with Crippen molar-refractivity contribution in [2.75, 3.05) is 0 Å². The second kappa shape index (κ2) is 7.68. The lowest BCUT2D eigenvalue weighted by atomic mass is 9.84. The van der Waals surface area contributed by atoms with Gasteiger partial charge in [0.1, 0.15) is 0 Å². The van der Waals surface area contributed by atoms with Crippen LogP contribution in [-0.4, -0.2) is 4.98 Å². The van der Waals surface area contributed by atoms with E-state index in [2.05, 4.69) is 81.2 Å². The molecular weight excluding hydrogens is 352 g/mol. The van der Waals surface area contributed by atoms with Crippen molar-refractivity contribution in [3.63, 3.8) is 0 Å². The minimum Gasteiger partial charge on any atom is -0.264 e. The molecular formula is C27H26N2. The van der Waals surface area contributed by atoms with Crippen molar-refractivity contribution in [2.24, 2.45) is 0 Å². The summed E-state index contributed by atoms with van der Waals surface area (Å²) in [5.41, 5.74) is 6.01. The van der Waals surface area contributed by atoms with E-state index in [1.165, 1.54) is 38.2 Å². The maximum atomic E-state index is 9.57. The number of nitriles is 1. The normalized spacial score (nSPS) is 12.4. The zero-order chi connectivity index (χ0) is 20.5. The summed E-state index contributed by atoms with van der Waals surface area (Å²) in [5.74, 6) is 0.693. The quantitative estimate of drug-likeness (QED) is 0.382. The van der Waals surface area contributed by atoms with E-state index in [4.69, 9.17) is 0 Å². The number of pyridine rings is 1. The van der Waals surface area contributed by atoms with Crippen molar-refractivity contribution in [3.05, 3.63) is 88.7 Å². The van der Waals surface area contributed by atoms with E-state index in [1.54, 1.807) is 0 Å². The van der Waals surface area contributed by atoms with Crippen LogP contribution < -0.4 is 0 Å². The predicted octanol–water partition coefficient (Wildman–Crippen LogP) is 7.04. The molecule has 0 bridgehead atoms. The molecule has 0 spiro atoms. The Labute approximate surface area is 172 Å². The molecule has 4 rings (SSSR count). The Hall–Kier alpha value is -3.18. The third kappa shape index (κ3) is 3.38. The van der Waals surface area contributed by atoms with Gasteiger partial charge >= 0.3 is 0 Å². The van der Waals surface area contributed by atoms with E-state index < -0.39 is 0 Å². The van der Waals surface area contributed by atoms with Gasteiger partial charge in [0.15, 0.2) is 0 Å². The van der Waals surface area contributed by atoms with Gasteiger partial charge in [-0.1, -0.05) is 57.2 Å². The summed E-state index contributed by atoms with van der Waals surface area (Å²) in [7, 11) is 0. The average molecular weight is 379 g/mol. The lowest BCUT2D eigenvalue weighted by molar-refractivity contribution is 0.764. The van der Waals surface area contributed by atoms with Crippen molar-refractivity contribution in [1.29, 1.82) is 5.26 Å². The number of aromatic nitrogens is 1. The molecule has 4 aromatic rings. The van der Waals surface area contributed by atoms with Crippen molar-refractivity contribution in [3.8, 4) is 6.07 Å². The molecule has 1 unspecified atom stereocenters. The van der Waals surface area contributed by atoms with Gasteiger partial charge in [-0.15, -0.1) is 0 Å². The average Bonchev–Trinajstić information content (AvgIpc) is 2.72. The third-order valence-corrected chi connectivity index (χ3v) is 5.99. The Balaban J connectivity index is 1.83. The fourth-order valence-electron chi connectivity index (χ4n) is 4.73. The maximum Gasteiger partial charge on any atom is 0.0994 e. The van der Waals surface area contributed by atoms with Crippen LogP contribution in [0.4, 0.5) is 0 Å². The Bertz CT molecular complexity index is 1240. The van der Waals surface area contributed by atoms with E-state index in [9.17, 15) is 5.26 Å². The molecule has 144 valence electrons. The highest BCUT2D eigenvalue weighted by Crippen LogP contribution is 2.35. The summed E-state index contributed by atoms with van der Waals surface area (Å²) in [6, 6.07) is 19.5. The maximum absolute atomic E-state index is 9.57. The van der Waals surface area contributed by atoms with Crippen molar-refractivity contribution in [2.45, 2.75) is 46.0 Å². The molecule has 0 saturated carbocycles. The minimum atomic E-state index is 0.314. The van der Waals surface area contributed by atoms with Crippen LogP contribution in [0.25, 0.3) is 21.5 Å². The Morgan fingerprint density at radius 1 is 0.897 bits per heavy atom. The number of fused-ring (bicyclic) bond motifs is 2. The molecule has 0 amide bonds. The van der Waals surface area contributed by atoms with Gasteiger partial charge in [0.05, 0.1) is 11.6 Å². The van der Waals surface area contributed by atoms with Gasteiger partial charge in [-0.25, -0.2) is 0 Å². The Kier molecular flexibility index (Phi) is 5.07. The van der Waals surface area contributed by atoms with Gasteiger partial charge in [0, 0.05) is 17.8 Å². The van der Waals surface area contributed by atoms with E-state index in [-0.39, 0.29) is 0 Å². The van der Waals surface area contributed by atoms with E-state index in [1.807, 2.05) is 18.5 Å². The van der Waals surface area contributed by atoms with Crippen LogP contribution in [0.15, 0.2) is 60.9 Å². The monoisotopic (exact) mass is 378 g/mol. The first-order valence-corrected chi connectivity index (χ1v) is 10.3. The summed E-state index contributed by atoms with van der Waals surface area (Å²) in [6.07, 6.45) is 4.79. The third-order valence-electron chi connectivity index (χ3n) is 5.99. The highest BCUT2D eigenvalue weighted by molar-refractivity contribution is 5.91. The van der Waals surface area contributed by atoms with Crippen LogP contribution in [0.1, 0.15) is 60.4 Å². The zero-order valence-corrected chi connectivity index (χ0v) is 17.5. The van der Waals surface area contributed by atoms with Crippen LogP contribution in [0, 0.1) is 18.3 Å². The van der Waals surface area contributed by atoms with Gasteiger partial charge in [-0.3, -0.25) is 4.98 Å². The SMILES string of the molecule is Cc1ccc2cnccc2c1C(C)Cc1cccc2c(C(C)C)c(C#N)ccc12. The number of rotatable bonds is 4. The number of hydrogen-bond donors (Lipinski definition) is 0. The van der Waals surface area contributed by atoms with E-state index in [0.717, 1.165) is 17.5 Å². The van der Waals surface area contributed by atoms with Crippen LogP contribution >= 0.6 is 0 Å². The predicted molar refractivity (Wildman–Crippen MR) is 121 cm³/mol. The molecule has 1 heterocycles. The van der Waals surface area contributed by atoms with Gasteiger partial charge in [-0.05, 0) is 75.7 Å². The Morgan fingerprint density at radius 2 is 1.72 bits per heavy atom. The topological polar surface area (TPSA) is 36.7 Å². The zero-order valence-electron chi connectivity index (χ0n) is 17.5. The molecule has 0 aliphatic carbocycles. The fraction of sp³-hybridized carbons (Fsp3) is 0.259. The smallest absolute Gasteiger partial charge is 0.0994 e. The molecule has 0 N–H and O–H groups in total. The lowest BCUT2D eigenvalue weighted by Gasteiger charge is -2.20. The summed E-state index contributed by atoms with van der Waals surface area (Å²) in [5, 5.41) is 14.5. The first-order chi connectivity index (χ1) is 14.0. The lowest BCUT2D eigenvalue weighted by Crippen LogP contribution is -2.04. The molecule has 2 nitrogen and oxygen atoms in total. The first-order valence-electron chi connectivity index (χ1n) is 10.3. The van der Waals surface area contributed by atoms with Crippen LogP contribution in [0.2, 0.25) is 0 Å². The van der Waals surface area contributed by atoms with Crippen LogP contribution in [0.5, 0.6) is 0 Å². The van der Waals surface area contributed by atoms with Crippen LogP contribution in [-0.2, 0) is 6.42 Å². The molecule has 0 saturated heterocycles. The Morgan fingerprint density at radius 3 is 2.48 bits per heavy atom. The van der Waals surface area contributed by atoms with E-state index in [0.29, 0.717) is 11.8 Å². The van der Waals surface area contributed by atoms with Crippen molar-refractivity contribution >= 4 is 21.5 Å². The second-order valence-electron chi connectivity index (χ2n) is 8.30.